The summed E-state index contributed by atoms with van der Waals surface area (Å²) in [6.07, 6.45) is 6.55. The zero-order valence-corrected chi connectivity index (χ0v) is 19.1. The van der Waals surface area contributed by atoms with E-state index in [0.29, 0.717) is 29.3 Å². The number of nitrogens with zero attached hydrogens (tertiary/aromatic N) is 5. The SMILES string of the molecule is CC[C@H]1C[C@H](N)[C@H](F)[C@@H](CC)N1c1cnc2c(-c3ccc4nn(C)cc4c3Cl)c[nH]c2n1. The third-order valence-electron chi connectivity index (χ3n) is 6.62. The predicted octanol–water partition coefficient (Wildman–Crippen LogP) is 4.60. The fraction of sp³-hybridized carbons (Fsp3) is 0.435. The minimum absolute atomic E-state index is 0.130. The molecule has 1 aromatic carbocycles. The minimum Gasteiger partial charge on any atom is -0.346 e. The Balaban J connectivity index is 1.58. The number of aromatic amines is 1. The number of rotatable bonds is 4. The van der Waals surface area contributed by atoms with E-state index in [4.69, 9.17) is 27.3 Å². The molecule has 0 amide bonds. The molecule has 1 aliphatic rings. The van der Waals surface area contributed by atoms with E-state index in [1.54, 1.807) is 10.9 Å². The van der Waals surface area contributed by atoms with Gasteiger partial charge in [0, 0.05) is 48.0 Å². The van der Waals surface area contributed by atoms with Gasteiger partial charge in [-0.15, -0.1) is 0 Å². The Morgan fingerprint density at radius 3 is 2.81 bits per heavy atom. The van der Waals surface area contributed by atoms with E-state index in [1.165, 1.54) is 0 Å². The Morgan fingerprint density at radius 2 is 2.06 bits per heavy atom. The maximum atomic E-state index is 15.0. The fourth-order valence-corrected chi connectivity index (χ4v) is 5.32. The number of benzene rings is 1. The second-order valence-corrected chi connectivity index (χ2v) is 8.96. The minimum atomic E-state index is -1.09. The standard InChI is InChI=1S/C23H27ClFN7/c1-4-12-8-16(26)21(25)18(5-2)32(12)19-10-27-22-14(9-28-23(22)29-19)13-6-7-17-15(20(13)24)11-31(3)30-17/h6-7,9-12,16,18,21H,4-5,8,26H2,1-3H3,(H,28,29)/t12-,16-,18+,21-/m0/s1. The monoisotopic (exact) mass is 455 g/mol. The van der Waals surface area contributed by atoms with Crippen molar-refractivity contribution in [3.8, 4) is 11.1 Å². The maximum absolute atomic E-state index is 15.0. The number of hydrogen-bond donors (Lipinski definition) is 2. The number of aromatic nitrogens is 5. The first-order valence-electron chi connectivity index (χ1n) is 11.1. The zero-order chi connectivity index (χ0) is 22.6. The van der Waals surface area contributed by atoms with Gasteiger partial charge >= 0.3 is 0 Å². The molecule has 7 nitrogen and oxygen atoms in total. The molecule has 4 atom stereocenters. The van der Waals surface area contributed by atoms with Crippen LogP contribution in [0.2, 0.25) is 5.02 Å². The third kappa shape index (κ3) is 3.24. The molecule has 4 aromatic rings. The molecule has 1 aliphatic heterocycles. The summed E-state index contributed by atoms with van der Waals surface area (Å²) in [5, 5.41) is 5.93. The molecule has 0 spiro atoms. The molecular weight excluding hydrogens is 429 g/mol. The molecule has 0 aliphatic carbocycles. The van der Waals surface area contributed by atoms with Crippen molar-refractivity contribution < 1.29 is 4.39 Å². The van der Waals surface area contributed by atoms with E-state index in [-0.39, 0.29) is 12.1 Å². The number of halogens is 2. The molecular formula is C23H27ClFN7. The van der Waals surface area contributed by atoms with Crippen LogP contribution in [0, 0.1) is 0 Å². The lowest BCUT2D eigenvalue weighted by molar-refractivity contribution is 0.167. The molecule has 0 radical (unpaired) electrons. The van der Waals surface area contributed by atoms with Gasteiger partial charge in [0.1, 0.15) is 17.5 Å². The highest BCUT2D eigenvalue weighted by Crippen LogP contribution is 2.38. The summed E-state index contributed by atoms with van der Waals surface area (Å²) in [6.45, 7) is 4.09. The Bertz CT molecular complexity index is 1280. The third-order valence-corrected chi connectivity index (χ3v) is 7.03. The van der Waals surface area contributed by atoms with Crippen molar-refractivity contribution in [3.63, 3.8) is 0 Å². The summed E-state index contributed by atoms with van der Waals surface area (Å²) < 4.78 is 16.7. The molecule has 5 rings (SSSR count). The van der Waals surface area contributed by atoms with Crippen LogP contribution >= 0.6 is 11.6 Å². The van der Waals surface area contributed by atoms with Crippen molar-refractivity contribution in [2.45, 2.75) is 57.4 Å². The lowest BCUT2D eigenvalue weighted by Crippen LogP contribution is -2.60. The van der Waals surface area contributed by atoms with Crippen LogP contribution < -0.4 is 10.6 Å². The quantitative estimate of drug-likeness (QED) is 0.469. The summed E-state index contributed by atoms with van der Waals surface area (Å²) in [7, 11) is 1.87. The normalized spacial score (nSPS) is 24.0. The number of piperidine rings is 1. The summed E-state index contributed by atoms with van der Waals surface area (Å²) >= 11 is 6.73. The number of nitrogens with one attached hydrogen (secondary N) is 1. The number of aryl methyl sites for hydroxylation is 1. The lowest BCUT2D eigenvalue weighted by atomic mass is 9.87. The van der Waals surface area contributed by atoms with Crippen molar-refractivity contribution in [2.24, 2.45) is 12.8 Å². The van der Waals surface area contributed by atoms with Crippen molar-refractivity contribution >= 4 is 39.5 Å². The summed E-state index contributed by atoms with van der Waals surface area (Å²) in [6, 6.07) is 3.28. The van der Waals surface area contributed by atoms with Gasteiger partial charge < -0.3 is 15.6 Å². The van der Waals surface area contributed by atoms with Gasteiger partial charge in [-0.3, -0.25) is 4.68 Å². The second kappa shape index (κ2) is 8.01. The van der Waals surface area contributed by atoms with Crippen LogP contribution in [0.4, 0.5) is 10.2 Å². The lowest BCUT2D eigenvalue weighted by Gasteiger charge is -2.46. The van der Waals surface area contributed by atoms with Gasteiger partial charge in [-0.05, 0) is 25.3 Å². The number of hydrogen-bond acceptors (Lipinski definition) is 5. The molecule has 3 N–H and O–H groups in total. The average Bonchev–Trinajstić information content (AvgIpc) is 3.38. The van der Waals surface area contributed by atoms with Crippen molar-refractivity contribution in [1.29, 1.82) is 0 Å². The van der Waals surface area contributed by atoms with Crippen molar-refractivity contribution in [1.82, 2.24) is 24.7 Å². The van der Waals surface area contributed by atoms with Crippen molar-refractivity contribution in [3.05, 3.63) is 35.7 Å². The zero-order valence-electron chi connectivity index (χ0n) is 18.4. The Hall–Kier alpha value is -2.71. The molecule has 168 valence electrons. The predicted molar refractivity (Wildman–Crippen MR) is 127 cm³/mol. The molecule has 3 aromatic heterocycles. The topological polar surface area (TPSA) is 88.6 Å². The van der Waals surface area contributed by atoms with E-state index in [1.807, 2.05) is 38.5 Å². The highest BCUT2D eigenvalue weighted by atomic mass is 35.5. The first-order valence-corrected chi connectivity index (χ1v) is 11.4. The van der Waals surface area contributed by atoms with Gasteiger partial charge in [0.2, 0.25) is 0 Å². The number of H-pyrrole nitrogens is 1. The van der Waals surface area contributed by atoms with Crippen LogP contribution in [0.5, 0.6) is 0 Å². The highest BCUT2D eigenvalue weighted by molar-refractivity contribution is 6.38. The van der Waals surface area contributed by atoms with Gasteiger partial charge in [0.05, 0.1) is 22.8 Å². The van der Waals surface area contributed by atoms with Crippen LogP contribution in [-0.4, -0.2) is 49.0 Å². The maximum Gasteiger partial charge on any atom is 0.159 e. The van der Waals surface area contributed by atoms with Crippen LogP contribution in [0.25, 0.3) is 33.2 Å². The molecule has 1 fully saturated rings. The molecule has 0 bridgehead atoms. The second-order valence-electron chi connectivity index (χ2n) is 8.58. The number of nitrogens with two attached hydrogens (primary N) is 1. The van der Waals surface area contributed by atoms with Gasteiger partial charge in [-0.2, -0.15) is 5.10 Å². The number of anilines is 1. The molecule has 0 saturated carbocycles. The first-order chi connectivity index (χ1) is 15.4. The molecule has 9 heteroatoms. The summed E-state index contributed by atoms with van der Waals surface area (Å²) in [5.41, 5.74) is 10.1. The Kier molecular flexibility index (Phi) is 5.29. The molecule has 32 heavy (non-hydrogen) atoms. The van der Waals surface area contributed by atoms with Gasteiger partial charge in [-0.1, -0.05) is 31.5 Å². The van der Waals surface area contributed by atoms with Gasteiger partial charge in [-0.25, -0.2) is 14.4 Å². The molecule has 4 heterocycles. The van der Waals surface area contributed by atoms with Crippen molar-refractivity contribution in [2.75, 3.05) is 4.90 Å². The summed E-state index contributed by atoms with van der Waals surface area (Å²) in [4.78, 5) is 14.9. The van der Waals surface area contributed by atoms with E-state index < -0.39 is 12.2 Å². The smallest absolute Gasteiger partial charge is 0.159 e. The average molecular weight is 456 g/mol. The first kappa shape index (κ1) is 21.2. The van der Waals surface area contributed by atoms with Crippen LogP contribution in [0.1, 0.15) is 33.1 Å². The summed E-state index contributed by atoms with van der Waals surface area (Å²) in [5.74, 6) is 0.674. The fourth-order valence-electron chi connectivity index (χ4n) is 5.01. The van der Waals surface area contributed by atoms with Gasteiger partial charge in [0.25, 0.3) is 0 Å². The number of fused-ring (bicyclic) bond motifs is 2. The van der Waals surface area contributed by atoms with E-state index in [9.17, 15) is 4.39 Å². The Labute approximate surface area is 190 Å². The van der Waals surface area contributed by atoms with Crippen LogP contribution in [0.3, 0.4) is 0 Å². The van der Waals surface area contributed by atoms with Crippen LogP contribution in [-0.2, 0) is 7.05 Å². The molecule has 1 saturated heterocycles. The van der Waals surface area contributed by atoms with Crippen LogP contribution in [0.15, 0.2) is 30.7 Å². The Morgan fingerprint density at radius 1 is 1.25 bits per heavy atom. The largest absolute Gasteiger partial charge is 0.346 e. The van der Waals surface area contributed by atoms with Gasteiger partial charge in [0.15, 0.2) is 5.65 Å². The highest BCUT2D eigenvalue weighted by Gasteiger charge is 2.41. The van der Waals surface area contributed by atoms with E-state index in [2.05, 4.69) is 21.9 Å². The van der Waals surface area contributed by atoms with E-state index in [0.717, 1.165) is 34.0 Å². The molecule has 0 unspecified atom stereocenters. The van der Waals surface area contributed by atoms with E-state index >= 15 is 0 Å². The number of alkyl halides is 1.